The fourth-order valence-corrected chi connectivity index (χ4v) is 2.81. The second kappa shape index (κ2) is 1.83. The van der Waals surface area contributed by atoms with Crippen molar-refractivity contribution < 1.29 is 8.78 Å². The summed E-state index contributed by atoms with van der Waals surface area (Å²) >= 11 is 2.00. The van der Waals surface area contributed by atoms with Crippen LogP contribution in [0.1, 0.15) is 23.6 Å². The number of nitrogens with one attached hydrogen (secondary N) is 1. The molecule has 0 bridgehead atoms. The van der Waals surface area contributed by atoms with E-state index in [-0.39, 0.29) is 11.6 Å². The highest BCUT2D eigenvalue weighted by molar-refractivity contribution is 14.1. The van der Waals surface area contributed by atoms with Gasteiger partial charge in [0.15, 0.2) is 0 Å². The number of fused-ring (bicyclic) bond motifs is 3. The first-order valence-electron chi connectivity index (χ1n) is 3.74. The molecule has 1 aromatic rings. The van der Waals surface area contributed by atoms with Gasteiger partial charge in [0.2, 0.25) is 0 Å². The third-order valence-electron chi connectivity index (χ3n) is 2.72. The molecular formula is C7H5F2IN2. The summed E-state index contributed by atoms with van der Waals surface area (Å²) in [6.45, 7) is 0. The van der Waals surface area contributed by atoms with Crippen molar-refractivity contribution >= 4 is 22.6 Å². The summed E-state index contributed by atoms with van der Waals surface area (Å²) in [6.07, 6.45) is 0.634. The van der Waals surface area contributed by atoms with Gasteiger partial charge in [-0.1, -0.05) is 0 Å². The van der Waals surface area contributed by atoms with Gasteiger partial charge >= 0.3 is 0 Å². The fourth-order valence-electron chi connectivity index (χ4n) is 2.02. The van der Waals surface area contributed by atoms with Crippen LogP contribution < -0.4 is 0 Å². The van der Waals surface area contributed by atoms with Gasteiger partial charge < -0.3 is 0 Å². The second-order valence-electron chi connectivity index (χ2n) is 3.37. The Labute approximate surface area is 80.9 Å². The van der Waals surface area contributed by atoms with Crippen LogP contribution in [-0.4, -0.2) is 10.2 Å². The SMILES string of the molecule is FC1(F)c2[nH]nc(I)c2[C@H]2CC21. The standard InChI is InChI=1S/C7H5F2IN2/c8-7(9)3-1-2(3)4-5(7)11-12-6(4)10/h2-3H,1H2,(H,11,12)/t2-,3?/m0/s1. The van der Waals surface area contributed by atoms with Crippen LogP contribution in [0.4, 0.5) is 8.78 Å². The maximum Gasteiger partial charge on any atom is 0.292 e. The molecule has 3 rings (SSSR count). The lowest BCUT2D eigenvalue weighted by molar-refractivity contribution is -0.0268. The van der Waals surface area contributed by atoms with Gasteiger partial charge in [0.05, 0.1) is 0 Å². The number of aromatic nitrogens is 2. The summed E-state index contributed by atoms with van der Waals surface area (Å²) in [5.41, 5.74) is 0.832. The first-order chi connectivity index (χ1) is 5.62. The minimum atomic E-state index is -2.64. The molecule has 64 valence electrons. The van der Waals surface area contributed by atoms with Crippen molar-refractivity contribution in [3.8, 4) is 0 Å². The monoisotopic (exact) mass is 282 g/mol. The molecule has 2 aliphatic rings. The fraction of sp³-hybridized carbons (Fsp3) is 0.571. The quantitative estimate of drug-likeness (QED) is 0.726. The minimum Gasteiger partial charge on any atom is -0.275 e. The van der Waals surface area contributed by atoms with Crippen molar-refractivity contribution in [3.63, 3.8) is 0 Å². The van der Waals surface area contributed by atoms with Crippen molar-refractivity contribution in [2.45, 2.75) is 18.3 Å². The van der Waals surface area contributed by atoms with Crippen molar-refractivity contribution in [1.82, 2.24) is 10.2 Å². The maximum absolute atomic E-state index is 13.3. The first-order valence-corrected chi connectivity index (χ1v) is 4.82. The molecule has 1 aromatic heterocycles. The third-order valence-corrected chi connectivity index (χ3v) is 3.54. The molecule has 0 aromatic carbocycles. The average molecular weight is 282 g/mol. The molecule has 1 saturated carbocycles. The van der Waals surface area contributed by atoms with E-state index < -0.39 is 11.8 Å². The third kappa shape index (κ3) is 0.627. The summed E-state index contributed by atoms with van der Waals surface area (Å²) in [5.74, 6) is -2.99. The zero-order valence-corrected chi connectivity index (χ0v) is 8.10. The van der Waals surface area contributed by atoms with Gasteiger partial charge in [-0.25, -0.2) is 0 Å². The van der Waals surface area contributed by atoms with Crippen molar-refractivity contribution in [2.75, 3.05) is 0 Å². The summed E-state index contributed by atoms with van der Waals surface area (Å²) in [7, 11) is 0. The Balaban J connectivity index is 2.27. The summed E-state index contributed by atoms with van der Waals surface area (Å²) in [4.78, 5) is 0. The lowest BCUT2D eigenvalue weighted by atomic mass is 10.2. The van der Waals surface area contributed by atoms with Gasteiger partial charge in [-0.2, -0.15) is 13.9 Å². The van der Waals surface area contributed by atoms with E-state index in [1.54, 1.807) is 0 Å². The van der Waals surface area contributed by atoms with Gasteiger partial charge in [0, 0.05) is 11.5 Å². The van der Waals surface area contributed by atoms with Crippen molar-refractivity contribution in [2.24, 2.45) is 5.92 Å². The van der Waals surface area contributed by atoms with E-state index >= 15 is 0 Å². The summed E-state index contributed by atoms with van der Waals surface area (Å²) < 4.78 is 27.3. The first kappa shape index (κ1) is 7.23. The van der Waals surface area contributed by atoms with Crippen molar-refractivity contribution in [1.29, 1.82) is 0 Å². The molecule has 0 spiro atoms. The molecule has 0 radical (unpaired) electrons. The Bertz CT molecular complexity index is 360. The molecule has 2 aliphatic carbocycles. The molecule has 0 saturated heterocycles. The molecule has 1 heterocycles. The Morgan fingerprint density at radius 1 is 1.58 bits per heavy atom. The largest absolute Gasteiger partial charge is 0.292 e. The number of halogens is 3. The minimum absolute atomic E-state index is 0.0631. The number of H-pyrrole nitrogens is 1. The lowest BCUT2D eigenvalue weighted by Gasteiger charge is -2.09. The van der Waals surface area contributed by atoms with E-state index in [1.807, 2.05) is 22.6 Å². The number of hydrogen-bond donors (Lipinski definition) is 1. The van der Waals surface area contributed by atoms with Crippen molar-refractivity contribution in [3.05, 3.63) is 15.0 Å². The highest BCUT2D eigenvalue weighted by atomic mass is 127. The average Bonchev–Trinajstić information content (AvgIpc) is 2.64. The molecule has 0 amide bonds. The van der Waals surface area contributed by atoms with E-state index in [4.69, 9.17) is 0 Å². The molecule has 1 fully saturated rings. The zero-order valence-electron chi connectivity index (χ0n) is 5.94. The molecule has 1 unspecified atom stereocenters. The lowest BCUT2D eigenvalue weighted by Crippen LogP contribution is -2.13. The Hall–Kier alpha value is -0.200. The van der Waals surface area contributed by atoms with Gasteiger partial charge in [0.25, 0.3) is 5.92 Å². The van der Waals surface area contributed by atoms with Crippen LogP contribution in [0.25, 0.3) is 0 Å². The van der Waals surface area contributed by atoms with E-state index in [1.165, 1.54) is 0 Å². The topological polar surface area (TPSA) is 28.7 Å². The van der Waals surface area contributed by atoms with E-state index in [2.05, 4.69) is 10.2 Å². The number of alkyl halides is 2. The van der Waals surface area contributed by atoms with Gasteiger partial charge in [0.1, 0.15) is 9.39 Å². The molecule has 5 heteroatoms. The second-order valence-corrected chi connectivity index (χ2v) is 4.40. The van der Waals surface area contributed by atoms with Gasteiger partial charge in [-0.15, -0.1) is 0 Å². The number of hydrogen-bond acceptors (Lipinski definition) is 1. The normalized spacial score (nSPS) is 34.6. The Morgan fingerprint density at radius 3 is 3.00 bits per heavy atom. The Kier molecular flexibility index (Phi) is 1.10. The van der Waals surface area contributed by atoms with Crippen LogP contribution in [0, 0.1) is 9.62 Å². The van der Waals surface area contributed by atoms with Crippen LogP contribution in [-0.2, 0) is 5.92 Å². The molecule has 2 atom stereocenters. The highest BCUT2D eigenvalue weighted by Crippen LogP contribution is 2.66. The molecule has 12 heavy (non-hydrogen) atoms. The van der Waals surface area contributed by atoms with E-state index in [0.717, 1.165) is 5.56 Å². The van der Waals surface area contributed by atoms with E-state index in [9.17, 15) is 8.78 Å². The van der Waals surface area contributed by atoms with Crippen LogP contribution >= 0.6 is 22.6 Å². The van der Waals surface area contributed by atoms with Gasteiger partial charge in [-0.3, -0.25) is 5.10 Å². The summed E-state index contributed by atoms with van der Waals surface area (Å²) in [6, 6.07) is 0. The van der Waals surface area contributed by atoms with Crippen LogP contribution in [0.15, 0.2) is 0 Å². The predicted octanol–water partition coefficient (Wildman–Crippen LogP) is 2.22. The maximum atomic E-state index is 13.3. The number of aromatic amines is 1. The molecule has 1 N–H and O–H groups in total. The van der Waals surface area contributed by atoms with Gasteiger partial charge in [-0.05, 0) is 34.9 Å². The molecule has 2 nitrogen and oxygen atoms in total. The molecular weight excluding hydrogens is 277 g/mol. The summed E-state index contributed by atoms with van der Waals surface area (Å²) in [5, 5.41) is 6.22. The Morgan fingerprint density at radius 2 is 2.33 bits per heavy atom. The smallest absolute Gasteiger partial charge is 0.275 e. The highest BCUT2D eigenvalue weighted by Gasteiger charge is 2.65. The predicted molar refractivity (Wildman–Crippen MR) is 46.0 cm³/mol. The zero-order chi connectivity index (χ0) is 8.51. The van der Waals surface area contributed by atoms with Crippen LogP contribution in [0.5, 0.6) is 0 Å². The van der Waals surface area contributed by atoms with Crippen LogP contribution in [0.3, 0.4) is 0 Å². The van der Waals surface area contributed by atoms with E-state index in [0.29, 0.717) is 10.1 Å². The van der Waals surface area contributed by atoms with Crippen LogP contribution in [0.2, 0.25) is 0 Å². The number of rotatable bonds is 0. The number of nitrogens with zero attached hydrogens (tertiary/aromatic N) is 1. The molecule has 0 aliphatic heterocycles.